The summed E-state index contributed by atoms with van der Waals surface area (Å²) >= 11 is 13.6. The molecule has 1 aromatic carbocycles. The molecule has 0 aliphatic rings. The van der Waals surface area contributed by atoms with Crippen LogP contribution in [0, 0.1) is 0 Å². The van der Waals surface area contributed by atoms with Crippen molar-refractivity contribution in [2.75, 3.05) is 12.3 Å². The molecule has 17 heavy (non-hydrogen) atoms. The second kappa shape index (κ2) is 5.96. The van der Waals surface area contributed by atoms with Gasteiger partial charge in [0.05, 0.1) is 21.1 Å². The van der Waals surface area contributed by atoms with E-state index in [1.807, 2.05) is 0 Å². The van der Waals surface area contributed by atoms with E-state index in [2.05, 4.69) is 9.97 Å². The Morgan fingerprint density at radius 3 is 2.76 bits per heavy atom. The molecule has 0 saturated carbocycles. The minimum atomic E-state index is 0.533. The monoisotopic (exact) mass is 289 g/mol. The van der Waals surface area contributed by atoms with Gasteiger partial charge in [-0.1, -0.05) is 35.0 Å². The van der Waals surface area contributed by atoms with Crippen molar-refractivity contribution in [2.45, 2.75) is 18.0 Å². The van der Waals surface area contributed by atoms with E-state index < -0.39 is 0 Å². The fraction of sp³-hybridized carbons (Fsp3) is 0.364. The topological polar surface area (TPSA) is 54.7 Å². The van der Waals surface area contributed by atoms with Crippen molar-refractivity contribution in [2.24, 2.45) is 5.73 Å². The van der Waals surface area contributed by atoms with Crippen LogP contribution < -0.4 is 5.73 Å². The molecular weight excluding hydrogens is 277 g/mol. The zero-order valence-electron chi connectivity index (χ0n) is 9.17. The summed E-state index contributed by atoms with van der Waals surface area (Å²) in [4.78, 5) is 7.66. The standard InChI is InChI=1S/C11H13Cl2N3S/c12-7-5-9-10(6-8(7)13)16-11(15-9)17-4-2-1-3-14/h5-6H,1-4,14H2,(H,15,16). The molecule has 2 aromatic rings. The summed E-state index contributed by atoms with van der Waals surface area (Å²) in [5.74, 6) is 1.01. The number of benzene rings is 1. The van der Waals surface area contributed by atoms with Gasteiger partial charge in [0.1, 0.15) is 0 Å². The van der Waals surface area contributed by atoms with Crippen molar-refractivity contribution in [3.05, 3.63) is 22.2 Å². The molecule has 0 fully saturated rings. The Morgan fingerprint density at radius 2 is 2.00 bits per heavy atom. The maximum absolute atomic E-state index is 5.94. The van der Waals surface area contributed by atoms with Gasteiger partial charge in [0.15, 0.2) is 5.16 Å². The molecular formula is C11H13Cl2N3S. The number of thioether (sulfide) groups is 1. The van der Waals surface area contributed by atoms with Gasteiger partial charge in [-0.25, -0.2) is 4.98 Å². The van der Waals surface area contributed by atoms with E-state index in [1.54, 1.807) is 23.9 Å². The Hall–Kier alpha value is -0.420. The molecule has 0 aliphatic heterocycles. The van der Waals surface area contributed by atoms with E-state index in [-0.39, 0.29) is 0 Å². The van der Waals surface area contributed by atoms with Crippen LogP contribution in [0.25, 0.3) is 11.0 Å². The number of imidazole rings is 1. The highest BCUT2D eigenvalue weighted by Crippen LogP contribution is 2.28. The summed E-state index contributed by atoms with van der Waals surface area (Å²) in [6.07, 6.45) is 2.14. The summed E-state index contributed by atoms with van der Waals surface area (Å²) in [6.45, 7) is 0.742. The van der Waals surface area contributed by atoms with Crippen molar-refractivity contribution in [3.8, 4) is 0 Å². The molecule has 3 nitrogen and oxygen atoms in total. The lowest BCUT2D eigenvalue weighted by Gasteiger charge is -1.95. The quantitative estimate of drug-likeness (QED) is 0.652. The second-order valence-corrected chi connectivity index (χ2v) is 5.57. The summed E-state index contributed by atoms with van der Waals surface area (Å²) in [5.41, 5.74) is 7.21. The number of aromatic amines is 1. The lowest BCUT2D eigenvalue weighted by atomic mass is 10.3. The van der Waals surface area contributed by atoms with Crippen LogP contribution in [0.2, 0.25) is 10.0 Å². The largest absolute Gasteiger partial charge is 0.333 e. The summed E-state index contributed by atoms with van der Waals surface area (Å²) in [5, 5.41) is 1.98. The van der Waals surface area contributed by atoms with Gasteiger partial charge in [0.25, 0.3) is 0 Å². The molecule has 0 spiro atoms. The first-order valence-corrected chi connectivity index (χ1v) is 7.12. The van der Waals surface area contributed by atoms with Crippen LogP contribution in [-0.2, 0) is 0 Å². The predicted octanol–water partition coefficient (Wildman–Crippen LogP) is 3.70. The third-order valence-electron chi connectivity index (χ3n) is 2.34. The molecule has 0 unspecified atom stereocenters. The van der Waals surface area contributed by atoms with Gasteiger partial charge in [-0.3, -0.25) is 0 Å². The maximum Gasteiger partial charge on any atom is 0.166 e. The van der Waals surface area contributed by atoms with Crippen LogP contribution >= 0.6 is 35.0 Å². The highest BCUT2D eigenvalue weighted by Gasteiger charge is 2.06. The van der Waals surface area contributed by atoms with Gasteiger partial charge < -0.3 is 10.7 Å². The fourth-order valence-electron chi connectivity index (χ4n) is 1.47. The zero-order chi connectivity index (χ0) is 12.3. The van der Waals surface area contributed by atoms with Crippen LogP contribution in [0.1, 0.15) is 12.8 Å². The molecule has 2 rings (SSSR count). The van der Waals surface area contributed by atoms with Crippen molar-refractivity contribution in [1.29, 1.82) is 0 Å². The normalized spacial score (nSPS) is 11.2. The number of nitrogens with zero attached hydrogens (tertiary/aromatic N) is 1. The number of unbranched alkanes of at least 4 members (excludes halogenated alkanes) is 1. The molecule has 1 heterocycles. The van der Waals surface area contributed by atoms with Crippen molar-refractivity contribution >= 4 is 46.0 Å². The highest BCUT2D eigenvalue weighted by molar-refractivity contribution is 7.99. The number of rotatable bonds is 5. The Morgan fingerprint density at radius 1 is 1.24 bits per heavy atom. The first-order valence-electron chi connectivity index (χ1n) is 5.38. The molecule has 0 atom stereocenters. The van der Waals surface area contributed by atoms with Crippen molar-refractivity contribution in [3.63, 3.8) is 0 Å². The van der Waals surface area contributed by atoms with Crippen molar-refractivity contribution < 1.29 is 0 Å². The van der Waals surface area contributed by atoms with Gasteiger partial charge in [-0.15, -0.1) is 0 Å². The molecule has 0 aliphatic carbocycles. The Balaban J connectivity index is 2.09. The number of nitrogens with two attached hydrogens (primary N) is 1. The van der Waals surface area contributed by atoms with Crippen LogP contribution in [0.4, 0.5) is 0 Å². The van der Waals surface area contributed by atoms with Gasteiger partial charge in [-0.2, -0.15) is 0 Å². The summed E-state index contributed by atoms with van der Waals surface area (Å²) in [7, 11) is 0. The molecule has 92 valence electrons. The smallest absolute Gasteiger partial charge is 0.166 e. The first kappa shape index (κ1) is 13.0. The minimum absolute atomic E-state index is 0.533. The minimum Gasteiger partial charge on any atom is -0.333 e. The number of fused-ring (bicyclic) bond motifs is 1. The number of hydrogen-bond acceptors (Lipinski definition) is 3. The molecule has 0 amide bonds. The van der Waals surface area contributed by atoms with Gasteiger partial charge >= 0.3 is 0 Å². The van der Waals surface area contributed by atoms with Gasteiger partial charge in [-0.05, 0) is 31.5 Å². The maximum atomic E-state index is 5.94. The first-order chi connectivity index (χ1) is 8.20. The molecule has 3 N–H and O–H groups in total. The van der Waals surface area contributed by atoms with Crippen molar-refractivity contribution in [1.82, 2.24) is 9.97 Å². The van der Waals surface area contributed by atoms with Crippen LogP contribution in [0.15, 0.2) is 17.3 Å². The Kier molecular flexibility index (Phi) is 4.56. The molecule has 0 bridgehead atoms. The predicted molar refractivity (Wildman–Crippen MR) is 75.1 cm³/mol. The fourth-order valence-corrected chi connectivity index (χ4v) is 2.67. The zero-order valence-corrected chi connectivity index (χ0v) is 11.5. The lowest BCUT2D eigenvalue weighted by molar-refractivity contribution is 0.813. The van der Waals surface area contributed by atoms with E-state index in [1.165, 1.54) is 0 Å². The molecule has 0 radical (unpaired) electrons. The van der Waals surface area contributed by atoms with E-state index >= 15 is 0 Å². The average molecular weight is 290 g/mol. The number of H-pyrrole nitrogens is 1. The summed E-state index contributed by atoms with van der Waals surface area (Å²) in [6, 6.07) is 3.58. The van der Waals surface area contributed by atoms with Gasteiger partial charge in [0, 0.05) is 5.75 Å². The Bertz CT molecular complexity index is 474. The highest BCUT2D eigenvalue weighted by atomic mass is 35.5. The second-order valence-electron chi connectivity index (χ2n) is 3.67. The van der Waals surface area contributed by atoms with Gasteiger partial charge in [0.2, 0.25) is 0 Å². The van der Waals surface area contributed by atoms with Crippen LogP contribution in [-0.4, -0.2) is 22.3 Å². The lowest BCUT2D eigenvalue weighted by Crippen LogP contribution is -1.98. The third-order valence-corrected chi connectivity index (χ3v) is 4.02. The molecule has 0 saturated heterocycles. The van der Waals surface area contributed by atoms with E-state index in [4.69, 9.17) is 28.9 Å². The number of aromatic nitrogens is 2. The molecule has 1 aromatic heterocycles. The molecule has 6 heteroatoms. The number of halogens is 2. The van der Waals surface area contributed by atoms with E-state index in [0.717, 1.165) is 41.3 Å². The van der Waals surface area contributed by atoms with E-state index in [0.29, 0.717) is 10.0 Å². The average Bonchev–Trinajstić information content (AvgIpc) is 2.67. The summed E-state index contributed by atoms with van der Waals surface area (Å²) < 4.78 is 0. The van der Waals surface area contributed by atoms with Crippen LogP contribution in [0.5, 0.6) is 0 Å². The number of nitrogens with one attached hydrogen (secondary N) is 1. The SMILES string of the molecule is NCCCCSc1nc2cc(Cl)c(Cl)cc2[nH]1. The third kappa shape index (κ3) is 3.28. The Labute approximate surface area is 114 Å². The van der Waals surface area contributed by atoms with Crippen LogP contribution in [0.3, 0.4) is 0 Å². The van der Waals surface area contributed by atoms with E-state index in [9.17, 15) is 0 Å². The number of hydrogen-bond donors (Lipinski definition) is 2.